The molecule has 3 atom stereocenters. The van der Waals surface area contributed by atoms with Crippen molar-refractivity contribution in [2.45, 2.75) is 58.9 Å². The number of hydrogen-bond donors (Lipinski definition) is 1. The Morgan fingerprint density at radius 2 is 2.24 bits per heavy atom. The van der Waals surface area contributed by atoms with Crippen LogP contribution >= 0.6 is 0 Å². The van der Waals surface area contributed by atoms with Gasteiger partial charge in [-0.15, -0.1) is 0 Å². The predicted octanol–water partition coefficient (Wildman–Crippen LogP) is 2.53. The Morgan fingerprint density at radius 1 is 1.53 bits per heavy atom. The maximum Gasteiger partial charge on any atom is 0.142 e. The molecule has 100 valence electrons. The largest absolute Gasteiger partial charge is 0.379 e. The Balaban J connectivity index is 2.51. The van der Waals surface area contributed by atoms with Crippen molar-refractivity contribution in [3.05, 3.63) is 0 Å². The lowest BCUT2D eigenvalue weighted by Gasteiger charge is -2.27. The number of ether oxygens (including phenoxy) is 1. The zero-order chi connectivity index (χ0) is 12.9. The van der Waals surface area contributed by atoms with Gasteiger partial charge in [-0.05, 0) is 12.8 Å². The Bertz CT molecular complexity index is 255. The summed E-state index contributed by atoms with van der Waals surface area (Å²) in [6.45, 7) is 7.34. The molecular formula is C14H27NO2. The smallest absolute Gasteiger partial charge is 0.142 e. The van der Waals surface area contributed by atoms with Gasteiger partial charge in [0, 0.05) is 12.5 Å². The van der Waals surface area contributed by atoms with Crippen LogP contribution in [-0.2, 0) is 9.53 Å². The molecule has 1 rings (SSSR count). The molecular weight excluding hydrogens is 214 g/mol. The zero-order valence-corrected chi connectivity index (χ0v) is 11.5. The summed E-state index contributed by atoms with van der Waals surface area (Å²) in [6.07, 6.45) is 5.32. The number of rotatable bonds is 7. The summed E-state index contributed by atoms with van der Waals surface area (Å²) >= 11 is 0. The van der Waals surface area contributed by atoms with Crippen LogP contribution in [0.3, 0.4) is 0 Å². The fourth-order valence-electron chi connectivity index (χ4n) is 2.41. The minimum atomic E-state index is -0.445. The average molecular weight is 241 g/mol. The van der Waals surface area contributed by atoms with Gasteiger partial charge in [0.15, 0.2) is 0 Å². The Labute approximate surface area is 105 Å². The van der Waals surface area contributed by atoms with Crippen molar-refractivity contribution < 1.29 is 9.53 Å². The van der Waals surface area contributed by atoms with E-state index in [1.54, 1.807) is 0 Å². The molecule has 3 heteroatoms. The lowest BCUT2D eigenvalue weighted by molar-refractivity contribution is -0.129. The zero-order valence-electron chi connectivity index (χ0n) is 11.5. The van der Waals surface area contributed by atoms with E-state index in [1.165, 1.54) is 12.8 Å². The summed E-state index contributed by atoms with van der Waals surface area (Å²) in [5.41, 5.74) is 5.54. The SMILES string of the molecule is CCCCC(CC)CC(=O)C1(C)COCC1N. The molecule has 0 radical (unpaired) electrons. The second-order valence-electron chi connectivity index (χ2n) is 5.58. The van der Waals surface area contributed by atoms with Crippen molar-refractivity contribution >= 4 is 5.78 Å². The molecule has 0 aromatic rings. The van der Waals surface area contributed by atoms with Gasteiger partial charge in [0.2, 0.25) is 0 Å². The van der Waals surface area contributed by atoms with Gasteiger partial charge < -0.3 is 10.5 Å². The van der Waals surface area contributed by atoms with Crippen molar-refractivity contribution in [3.8, 4) is 0 Å². The van der Waals surface area contributed by atoms with E-state index in [1.807, 2.05) is 6.92 Å². The van der Waals surface area contributed by atoms with Gasteiger partial charge in [0.25, 0.3) is 0 Å². The summed E-state index contributed by atoms with van der Waals surface area (Å²) < 4.78 is 5.34. The molecule has 0 aromatic carbocycles. The van der Waals surface area contributed by atoms with Gasteiger partial charge in [-0.1, -0.05) is 39.5 Å². The van der Waals surface area contributed by atoms with Crippen molar-refractivity contribution in [2.75, 3.05) is 13.2 Å². The highest BCUT2D eigenvalue weighted by Crippen LogP contribution is 2.32. The highest BCUT2D eigenvalue weighted by atomic mass is 16.5. The third-order valence-electron chi connectivity index (χ3n) is 4.17. The van der Waals surface area contributed by atoms with Crippen LogP contribution in [0.1, 0.15) is 52.9 Å². The summed E-state index contributed by atoms with van der Waals surface area (Å²) in [5, 5.41) is 0. The molecule has 0 aromatic heterocycles. The second kappa shape index (κ2) is 6.50. The molecule has 0 saturated carbocycles. The van der Waals surface area contributed by atoms with Gasteiger partial charge >= 0.3 is 0 Å². The Hall–Kier alpha value is -0.410. The highest BCUT2D eigenvalue weighted by Gasteiger charge is 2.43. The summed E-state index contributed by atoms with van der Waals surface area (Å²) in [5.74, 6) is 0.817. The fourth-order valence-corrected chi connectivity index (χ4v) is 2.41. The van der Waals surface area contributed by atoms with Crippen LogP contribution in [0.4, 0.5) is 0 Å². The fraction of sp³-hybridized carbons (Fsp3) is 0.929. The highest BCUT2D eigenvalue weighted by molar-refractivity contribution is 5.86. The third kappa shape index (κ3) is 3.52. The average Bonchev–Trinajstić information content (AvgIpc) is 2.66. The van der Waals surface area contributed by atoms with Crippen molar-refractivity contribution in [2.24, 2.45) is 17.1 Å². The van der Waals surface area contributed by atoms with E-state index >= 15 is 0 Å². The molecule has 0 bridgehead atoms. The molecule has 3 unspecified atom stereocenters. The van der Waals surface area contributed by atoms with Crippen LogP contribution in [0.5, 0.6) is 0 Å². The lowest BCUT2D eigenvalue weighted by Crippen LogP contribution is -2.44. The number of hydrogen-bond acceptors (Lipinski definition) is 3. The number of carbonyl (C=O) groups is 1. The Kier molecular flexibility index (Phi) is 5.60. The molecule has 3 nitrogen and oxygen atoms in total. The number of nitrogens with two attached hydrogens (primary N) is 1. The number of unbranched alkanes of at least 4 members (excludes halogenated alkanes) is 1. The monoisotopic (exact) mass is 241 g/mol. The lowest BCUT2D eigenvalue weighted by atomic mass is 9.77. The van der Waals surface area contributed by atoms with E-state index < -0.39 is 5.41 Å². The van der Waals surface area contributed by atoms with Gasteiger partial charge in [0.1, 0.15) is 5.78 Å². The van der Waals surface area contributed by atoms with Crippen LogP contribution in [0.2, 0.25) is 0 Å². The van der Waals surface area contributed by atoms with Crippen LogP contribution in [0.15, 0.2) is 0 Å². The Morgan fingerprint density at radius 3 is 2.71 bits per heavy atom. The van der Waals surface area contributed by atoms with Crippen LogP contribution in [0.25, 0.3) is 0 Å². The van der Waals surface area contributed by atoms with Crippen molar-refractivity contribution in [1.29, 1.82) is 0 Å². The van der Waals surface area contributed by atoms with Crippen LogP contribution in [-0.4, -0.2) is 25.0 Å². The molecule has 17 heavy (non-hydrogen) atoms. The molecule has 1 heterocycles. The maximum atomic E-state index is 12.3. The van der Waals surface area contributed by atoms with Gasteiger partial charge in [-0.3, -0.25) is 4.79 Å². The molecule has 1 fully saturated rings. The standard InChI is InChI=1S/C14H27NO2/c1-4-6-7-11(5-2)8-13(16)14(3)10-17-9-12(14)15/h11-12H,4-10,15H2,1-3H3. The number of ketones is 1. The molecule has 1 aliphatic rings. The van der Waals surface area contributed by atoms with E-state index in [2.05, 4.69) is 13.8 Å². The second-order valence-corrected chi connectivity index (χ2v) is 5.58. The van der Waals surface area contributed by atoms with Crippen molar-refractivity contribution in [3.63, 3.8) is 0 Å². The summed E-state index contributed by atoms with van der Waals surface area (Å²) in [4.78, 5) is 12.3. The van der Waals surface area contributed by atoms with E-state index in [9.17, 15) is 4.79 Å². The normalized spacial score (nSPS) is 30.5. The predicted molar refractivity (Wildman–Crippen MR) is 69.8 cm³/mol. The number of Topliss-reactive ketones (excluding diaryl/α,β-unsaturated/α-hetero) is 1. The third-order valence-corrected chi connectivity index (χ3v) is 4.17. The van der Waals surface area contributed by atoms with E-state index in [0.29, 0.717) is 31.3 Å². The minimum absolute atomic E-state index is 0.126. The molecule has 0 aliphatic carbocycles. The quantitative estimate of drug-likeness (QED) is 0.745. The van der Waals surface area contributed by atoms with Crippen LogP contribution < -0.4 is 5.73 Å². The van der Waals surface area contributed by atoms with Crippen molar-refractivity contribution in [1.82, 2.24) is 0 Å². The molecule has 0 spiro atoms. The topological polar surface area (TPSA) is 52.3 Å². The molecule has 2 N–H and O–H groups in total. The van der Waals surface area contributed by atoms with Gasteiger partial charge in [-0.2, -0.15) is 0 Å². The first-order valence-corrected chi connectivity index (χ1v) is 6.91. The van der Waals surface area contributed by atoms with Gasteiger partial charge in [0.05, 0.1) is 18.6 Å². The first-order chi connectivity index (χ1) is 8.04. The molecule has 1 saturated heterocycles. The van der Waals surface area contributed by atoms with E-state index in [4.69, 9.17) is 10.5 Å². The van der Waals surface area contributed by atoms with Gasteiger partial charge in [-0.25, -0.2) is 0 Å². The van der Waals surface area contributed by atoms with E-state index in [-0.39, 0.29) is 6.04 Å². The minimum Gasteiger partial charge on any atom is -0.379 e. The van der Waals surface area contributed by atoms with E-state index in [0.717, 1.165) is 12.8 Å². The molecule has 0 amide bonds. The summed E-state index contributed by atoms with van der Waals surface area (Å²) in [6, 6.07) is -0.126. The summed E-state index contributed by atoms with van der Waals surface area (Å²) in [7, 11) is 0. The van der Waals surface area contributed by atoms with Crippen LogP contribution in [0, 0.1) is 11.3 Å². The number of carbonyl (C=O) groups excluding carboxylic acids is 1. The molecule has 1 aliphatic heterocycles. The first-order valence-electron chi connectivity index (χ1n) is 6.91. The first kappa shape index (κ1) is 14.7. The maximum absolute atomic E-state index is 12.3.